The van der Waals surface area contributed by atoms with Crippen LogP contribution in [0.25, 0.3) is 0 Å². The normalized spacial score (nSPS) is 11.5. The molecule has 3 nitrogen and oxygen atoms in total. The molecule has 0 aliphatic heterocycles. The summed E-state index contributed by atoms with van der Waals surface area (Å²) in [6.07, 6.45) is 0.280. The maximum Gasteiger partial charge on any atom is 0.331 e. The summed E-state index contributed by atoms with van der Waals surface area (Å²) in [6, 6.07) is 3.78. The summed E-state index contributed by atoms with van der Waals surface area (Å²) in [7, 11) is 0. The first-order valence-corrected chi connectivity index (χ1v) is 8.12. The van der Waals surface area contributed by atoms with Crippen LogP contribution in [-0.4, -0.2) is 16.2 Å². The number of benzene rings is 1. The van der Waals surface area contributed by atoms with E-state index < -0.39 is 5.97 Å². The van der Waals surface area contributed by atoms with E-state index >= 15 is 0 Å². The zero-order chi connectivity index (χ0) is 18.6. The lowest BCUT2D eigenvalue weighted by Gasteiger charge is -2.28. The third-order valence-electron chi connectivity index (χ3n) is 3.51. The minimum atomic E-state index is -0.988. The molecule has 0 aliphatic carbocycles. The highest BCUT2D eigenvalue weighted by molar-refractivity contribution is 5.86. The van der Waals surface area contributed by atoms with Crippen molar-refractivity contribution in [3.05, 3.63) is 41.0 Å². The number of aliphatic carboxylic acids is 1. The Morgan fingerprint density at radius 1 is 1.00 bits per heavy atom. The Kier molecular flexibility index (Phi) is 7.08. The first kappa shape index (κ1) is 21.2. The van der Waals surface area contributed by atoms with Crippen molar-refractivity contribution in [1.82, 2.24) is 0 Å². The van der Waals surface area contributed by atoms with Crippen LogP contribution in [0.2, 0.25) is 0 Å². The first-order valence-electron chi connectivity index (χ1n) is 8.12. The van der Waals surface area contributed by atoms with Crippen molar-refractivity contribution in [2.45, 2.75) is 72.6 Å². The SMILES string of the molecule is C=C(Cc1cc(C(C)(C)C)c(O)c(C(C)(C)C)c1)C(=O)O.CC. The van der Waals surface area contributed by atoms with E-state index in [1.54, 1.807) is 0 Å². The predicted molar refractivity (Wildman–Crippen MR) is 97.3 cm³/mol. The van der Waals surface area contributed by atoms with Crippen molar-refractivity contribution in [3.8, 4) is 5.75 Å². The lowest BCUT2D eigenvalue weighted by atomic mass is 9.78. The largest absolute Gasteiger partial charge is 0.507 e. The van der Waals surface area contributed by atoms with Gasteiger partial charge < -0.3 is 10.2 Å². The van der Waals surface area contributed by atoms with Gasteiger partial charge in [0.2, 0.25) is 0 Å². The molecule has 0 heterocycles. The molecule has 0 atom stereocenters. The van der Waals surface area contributed by atoms with Gasteiger partial charge in [-0.1, -0.05) is 74.1 Å². The molecule has 0 spiro atoms. The highest BCUT2D eigenvalue weighted by Gasteiger charge is 2.26. The third-order valence-corrected chi connectivity index (χ3v) is 3.51. The Morgan fingerprint density at radius 3 is 1.61 bits per heavy atom. The molecular weight excluding hydrogens is 288 g/mol. The maximum absolute atomic E-state index is 11.0. The van der Waals surface area contributed by atoms with Crippen molar-refractivity contribution < 1.29 is 15.0 Å². The van der Waals surface area contributed by atoms with E-state index in [4.69, 9.17) is 5.11 Å². The van der Waals surface area contributed by atoms with Crippen LogP contribution < -0.4 is 0 Å². The smallest absolute Gasteiger partial charge is 0.331 e. The molecular formula is C20H32O3. The molecule has 3 heteroatoms. The zero-order valence-electron chi connectivity index (χ0n) is 15.9. The van der Waals surface area contributed by atoms with E-state index in [0.29, 0.717) is 5.75 Å². The standard InChI is InChI=1S/C18H26O3.C2H6/c1-11(16(20)21)8-12-9-13(17(2,3)4)15(19)14(10-12)18(5,6)7;1-2/h9-10,19H,1,8H2,2-7H3,(H,20,21);1-2H3. The fourth-order valence-electron chi connectivity index (χ4n) is 2.26. The second-order valence-electron chi connectivity index (χ2n) is 7.63. The van der Waals surface area contributed by atoms with Gasteiger partial charge in [0.25, 0.3) is 0 Å². The maximum atomic E-state index is 11.0. The zero-order valence-corrected chi connectivity index (χ0v) is 15.9. The van der Waals surface area contributed by atoms with Gasteiger partial charge in [0, 0.05) is 12.0 Å². The highest BCUT2D eigenvalue weighted by Crippen LogP contribution is 2.40. The minimum Gasteiger partial charge on any atom is -0.507 e. The van der Waals surface area contributed by atoms with Gasteiger partial charge >= 0.3 is 5.97 Å². The molecule has 0 aliphatic rings. The van der Waals surface area contributed by atoms with Crippen molar-refractivity contribution >= 4 is 5.97 Å². The Hall–Kier alpha value is -1.77. The van der Waals surface area contributed by atoms with Crippen molar-refractivity contribution in [1.29, 1.82) is 0 Å². The number of hydrogen-bond donors (Lipinski definition) is 2. The molecule has 1 aromatic carbocycles. The van der Waals surface area contributed by atoms with E-state index in [1.165, 1.54) is 0 Å². The summed E-state index contributed by atoms with van der Waals surface area (Å²) >= 11 is 0. The van der Waals surface area contributed by atoms with E-state index in [9.17, 15) is 9.90 Å². The fraction of sp³-hybridized carbons (Fsp3) is 0.550. The average Bonchev–Trinajstić information content (AvgIpc) is 2.40. The van der Waals surface area contributed by atoms with E-state index in [1.807, 2.05) is 67.5 Å². The van der Waals surface area contributed by atoms with Crippen molar-refractivity contribution in [2.24, 2.45) is 0 Å². The minimum absolute atomic E-state index is 0.153. The van der Waals surface area contributed by atoms with E-state index in [-0.39, 0.29) is 22.8 Å². The van der Waals surface area contributed by atoms with Crippen molar-refractivity contribution in [2.75, 3.05) is 0 Å². The Morgan fingerprint density at radius 2 is 1.35 bits per heavy atom. The van der Waals surface area contributed by atoms with Gasteiger partial charge in [0.15, 0.2) is 0 Å². The number of rotatable bonds is 3. The molecule has 23 heavy (non-hydrogen) atoms. The summed E-state index contributed by atoms with van der Waals surface area (Å²) in [4.78, 5) is 11.0. The first-order chi connectivity index (χ1) is 10.3. The van der Waals surface area contributed by atoms with Crippen LogP contribution in [0.5, 0.6) is 5.75 Å². The van der Waals surface area contributed by atoms with E-state index in [2.05, 4.69) is 6.58 Å². The topological polar surface area (TPSA) is 57.5 Å². The van der Waals surface area contributed by atoms with Gasteiger partial charge in [-0.25, -0.2) is 4.79 Å². The van der Waals surface area contributed by atoms with Gasteiger partial charge in [-0.3, -0.25) is 0 Å². The summed E-state index contributed by atoms with van der Waals surface area (Å²) in [5.41, 5.74) is 2.26. The molecule has 0 unspecified atom stereocenters. The number of carboxylic acids is 1. The van der Waals surface area contributed by atoms with E-state index in [0.717, 1.165) is 16.7 Å². The third kappa shape index (κ3) is 5.74. The molecule has 1 rings (SSSR count). The summed E-state index contributed by atoms with van der Waals surface area (Å²) in [5, 5.41) is 19.6. The van der Waals surface area contributed by atoms with Crippen LogP contribution in [-0.2, 0) is 22.0 Å². The molecule has 0 saturated carbocycles. The van der Waals surface area contributed by atoms with Gasteiger partial charge in [-0.15, -0.1) is 0 Å². The van der Waals surface area contributed by atoms with Crippen LogP contribution in [0.15, 0.2) is 24.3 Å². The Balaban J connectivity index is 0.00000232. The summed E-state index contributed by atoms with van der Waals surface area (Å²) in [6.45, 7) is 19.8. The fourth-order valence-corrected chi connectivity index (χ4v) is 2.26. The molecule has 130 valence electrons. The monoisotopic (exact) mass is 320 g/mol. The molecule has 0 bridgehead atoms. The van der Waals surface area contributed by atoms with Crippen LogP contribution in [0.3, 0.4) is 0 Å². The van der Waals surface area contributed by atoms with Gasteiger partial charge in [0.1, 0.15) is 5.75 Å². The number of carbonyl (C=O) groups is 1. The highest BCUT2D eigenvalue weighted by atomic mass is 16.4. The summed E-state index contributed by atoms with van der Waals surface area (Å²) in [5.74, 6) is -0.683. The second kappa shape index (κ2) is 7.67. The molecule has 0 radical (unpaired) electrons. The van der Waals surface area contributed by atoms with Crippen molar-refractivity contribution in [3.63, 3.8) is 0 Å². The quantitative estimate of drug-likeness (QED) is 0.753. The molecule has 0 saturated heterocycles. The Labute approximate surface area is 141 Å². The average molecular weight is 320 g/mol. The Bertz CT molecular complexity index is 535. The molecule has 0 fully saturated rings. The molecule has 0 aromatic heterocycles. The molecule has 0 amide bonds. The van der Waals surface area contributed by atoms with Crippen LogP contribution >= 0.6 is 0 Å². The van der Waals surface area contributed by atoms with Crippen LogP contribution in [0.1, 0.15) is 72.1 Å². The lowest BCUT2D eigenvalue weighted by molar-refractivity contribution is -0.132. The number of phenolic OH excluding ortho intramolecular Hbond substituents is 1. The lowest BCUT2D eigenvalue weighted by Crippen LogP contribution is -2.18. The van der Waals surface area contributed by atoms with Gasteiger partial charge in [-0.05, 0) is 27.5 Å². The molecule has 2 N–H and O–H groups in total. The van der Waals surface area contributed by atoms with Gasteiger partial charge in [-0.2, -0.15) is 0 Å². The second-order valence-corrected chi connectivity index (χ2v) is 7.63. The molecule has 1 aromatic rings. The number of phenols is 1. The van der Waals surface area contributed by atoms with Gasteiger partial charge in [0.05, 0.1) is 0 Å². The number of hydrogen-bond acceptors (Lipinski definition) is 2. The number of carboxylic acid groups (broad SMARTS) is 1. The van der Waals surface area contributed by atoms with Crippen LogP contribution in [0, 0.1) is 0 Å². The summed E-state index contributed by atoms with van der Waals surface area (Å²) < 4.78 is 0. The van der Waals surface area contributed by atoms with Crippen LogP contribution in [0.4, 0.5) is 0 Å². The number of aromatic hydroxyl groups is 1. The predicted octanol–water partition coefficient (Wildman–Crippen LogP) is 5.20.